The first-order valence-corrected chi connectivity index (χ1v) is 9.59. The maximum Gasteiger partial charge on any atom is 0.326 e. The molecule has 0 aliphatic rings. The lowest BCUT2D eigenvalue weighted by atomic mass is 9.99. The maximum absolute atomic E-state index is 12.7. The van der Waals surface area contributed by atoms with Crippen LogP contribution in [0.2, 0.25) is 0 Å². The molecule has 0 aliphatic heterocycles. The van der Waals surface area contributed by atoms with Crippen LogP contribution in [-0.2, 0) is 16.0 Å². The Morgan fingerprint density at radius 3 is 2.33 bits per heavy atom. The zero-order chi connectivity index (χ0) is 22.3. The fraction of sp³-hybridized carbons (Fsp3) is 0.381. The molecule has 2 rings (SSSR count). The fourth-order valence-electron chi connectivity index (χ4n) is 3.18. The zero-order valence-corrected chi connectivity index (χ0v) is 16.9. The largest absolute Gasteiger partial charge is 0.480 e. The zero-order valence-electron chi connectivity index (χ0n) is 16.9. The standard InChI is InChI=1S/C21H27N3O6/c1-13(2)11-24(12-18(25)19(26)23-30)21(29)22-17(20(27)28)10-15-8-5-7-14-6-3-4-9-16(14)15/h3-9,13,17-18,25,30H,10-12H2,1-2H3,(H,22,29)(H,23,26)(H,27,28)/t17-,18?/m0/s1. The second-order valence-corrected chi connectivity index (χ2v) is 7.47. The summed E-state index contributed by atoms with van der Waals surface area (Å²) in [6, 6.07) is 11.2. The average Bonchev–Trinajstić information content (AvgIpc) is 2.71. The van der Waals surface area contributed by atoms with E-state index in [4.69, 9.17) is 5.21 Å². The first-order valence-electron chi connectivity index (χ1n) is 9.59. The van der Waals surface area contributed by atoms with Crippen molar-refractivity contribution in [3.8, 4) is 0 Å². The van der Waals surface area contributed by atoms with Crippen molar-refractivity contribution < 1.29 is 29.8 Å². The number of amides is 3. The average molecular weight is 417 g/mol. The highest BCUT2D eigenvalue weighted by Crippen LogP contribution is 2.20. The minimum atomic E-state index is -1.65. The Morgan fingerprint density at radius 2 is 1.70 bits per heavy atom. The van der Waals surface area contributed by atoms with E-state index in [0.29, 0.717) is 0 Å². The minimum absolute atomic E-state index is 0.00137. The number of hydrogen-bond acceptors (Lipinski definition) is 5. The van der Waals surface area contributed by atoms with Gasteiger partial charge in [0, 0.05) is 13.0 Å². The predicted molar refractivity (Wildman–Crippen MR) is 110 cm³/mol. The van der Waals surface area contributed by atoms with Crippen LogP contribution in [-0.4, -0.2) is 63.5 Å². The van der Waals surface area contributed by atoms with E-state index < -0.39 is 36.6 Å². The third-order valence-electron chi connectivity index (χ3n) is 4.58. The molecule has 0 bridgehead atoms. The molecule has 2 aromatic rings. The molecular weight excluding hydrogens is 390 g/mol. The molecule has 9 heteroatoms. The number of hydroxylamine groups is 1. The van der Waals surface area contributed by atoms with Crippen LogP contribution in [0.4, 0.5) is 4.79 Å². The molecule has 0 radical (unpaired) electrons. The van der Waals surface area contributed by atoms with Crippen molar-refractivity contribution in [3.63, 3.8) is 0 Å². The van der Waals surface area contributed by atoms with Crippen molar-refractivity contribution in [2.45, 2.75) is 32.4 Å². The van der Waals surface area contributed by atoms with Gasteiger partial charge in [-0.25, -0.2) is 15.1 Å². The molecule has 2 aromatic carbocycles. The molecular formula is C21H27N3O6. The number of aliphatic carboxylic acids is 1. The van der Waals surface area contributed by atoms with Crippen LogP contribution in [0.1, 0.15) is 19.4 Å². The molecule has 0 saturated heterocycles. The van der Waals surface area contributed by atoms with Gasteiger partial charge in [-0.05, 0) is 22.3 Å². The van der Waals surface area contributed by atoms with Crippen molar-refractivity contribution in [2.24, 2.45) is 5.92 Å². The molecule has 0 aliphatic carbocycles. The maximum atomic E-state index is 12.7. The lowest BCUT2D eigenvalue weighted by molar-refractivity contribution is -0.140. The van der Waals surface area contributed by atoms with Gasteiger partial charge in [0.2, 0.25) is 0 Å². The summed E-state index contributed by atoms with van der Waals surface area (Å²) in [4.78, 5) is 37.1. The lowest BCUT2D eigenvalue weighted by Gasteiger charge is -2.28. The van der Waals surface area contributed by atoms with Crippen molar-refractivity contribution in [2.75, 3.05) is 13.1 Å². The molecule has 9 nitrogen and oxygen atoms in total. The molecule has 0 aromatic heterocycles. The Kier molecular flexibility index (Phi) is 8.14. The minimum Gasteiger partial charge on any atom is -0.480 e. The number of aliphatic hydroxyl groups excluding tert-OH is 1. The molecule has 30 heavy (non-hydrogen) atoms. The Hall–Kier alpha value is -3.17. The summed E-state index contributed by atoms with van der Waals surface area (Å²) in [6.07, 6.45) is -1.58. The fourth-order valence-corrected chi connectivity index (χ4v) is 3.18. The van der Waals surface area contributed by atoms with Crippen molar-refractivity contribution in [1.82, 2.24) is 15.7 Å². The monoisotopic (exact) mass is 417 g/mol. The third-order valence-corrected chi connectivity index (χ3v) is 4.58. The molecule has 0 heterocycles. The number of carbonyl (C=O) groups is 3. The molecule has 5 N–H and O–H groups in total. The van der Waals surface area contributed by atoms with Crippen LogP contribution in [0, 0.1) is 5.92 Å². The summed E-state index contributed by atoms with van der Waals surface area (Å²) in [7, 11) is 0. The molecule has 3 amide bonds. The summed E-state index contributed by atoms with van der Waals surface area (Å²) < 4.78 is 0. The van der Waals surface area contributed by atoms with Gasteiger partial charge in [-0.2, -0.15) is 0 Å². The van der Waals surface area contributed by atoms with Gasteiger partial charge in [-0.1, -0.05) is 56.3 Å². The van der Waals surface area contributed by atoms with Crippen LogP contribution in [0.3, 0.4) is 0 Å². The summed E-state index contributed by atoms with van der Waals surface area (Å²) >= 11 is 0. The second-order valence-electron chi connectivity index (χ2n) is 7.47. The third kappa shape index (κ3) is 6.16. The first-order chi connectivity index (χ1) is 14.2. The molecule has 162 valence electrons. The number of fused-ring (bicyclic) bond motifs is 1. The lowest BCUT2D eigenvalue weighted by Crippen LogP contribution is -2.53. The van der Waals surface area contributed by atoms with E-state index in [0.717, 1.165) is 21.2 Å². The summed E-state index contributed by atoms with van der Waals surface area (Å²) in [5.41, 5.74) is 2.10. The quantitative estimate of drug-likeness (QED) is 0.308. The van der Waals surface area contributed by atoms with Crippen LogP contribution in [0.15, 0.2) is 42.5 Å². The van der Waals surface area contributed by atoms with E-state index in [1.54, 1.807) is 0 Å². The van der Waals surface area contributed by atoms with Crippen LogP contribution in [0.5, 0.6) is 0 Å². The van der Waals surface area contributed by atoms with Gasteiger partial charge in [0.25, 0.3) is 5.91 Å². The van der Waals surface area contributed by atoms with Gasteiger partial charge >= 0.3 is 12.0 Å². The number of aliphatic hydroxyl groups is 1. The van der Waals surface area contributed by atoms with E-state index in [1.807, 2.05) is 56.3 Å². The number of hydrogen-bond donors (Lipinski definition) is 5. The van der Waals surface area contributed by atoms with Crippen molar-refractivity contribution in [3.05, 3.63) is 48.0 Å². The van der Waals surface area contributed by atoms with Crippen LogP contribution in [0.25, 0.3) is 10.8 Å². The van der Waals surface area contributed by atoms with Gasteiger partial charge in [0.1, 0.15) is 6.04 Å². The van der Waals surface area contributed by atoms with E-state index in [-0.39, 0.29) is 18.9 Å². The molecule has 0 spiro atoms. The summed E-state index contributed by atoms with van der Waals surface area (Å²) in [6.45, 7) is 3.46. The Balaban J connectivity index is 2.19. The number of urea groups is 1. The Bertz CT molecular complexity index is 896. The number of rotatable bonds is 9. The number of carboxylic acids is 1. The number of carbonyl (C=O) groups excluding carboxylic acids is 2. The van der Waals surface area contributed by atoms with Crippen molar-refractivity contribution >= 4 is 28.7 Å². The van der Waals surface area contributed by atoms with E-state index in [1.165, 1.54) is 5.48 Å². The number of benzene rings is 2. The number of carboxylic acid groups (broad SMARTS) is 1. The van der Waals surface area contributed by atoms with E-state index in [2.05, 4.69) is 5.32 Å². The highest BCUT2D eigenvalue weighted by Gasteiger charge is 2.27. The normalized spacial score (nSPS) is 13.0. The molecule has 0 saturated carbocycles. The molecule has 0 fully saturated rings. The topological polar surface area (TPSA) is 139 Å². The summed E-state index contributed by atoms with van der Waals surface area (Å²) in [5, 5.41) is 32.5. The smallest absolute Gasteiger partial charge is 0.326 e. The SMILES string of the molecule is CC(C)CN(CC(O)C(=O)NO)C(=O)N[C@@H](Cc1cccc2ccccc12)C(=O)O. The van der Waals surface area contributed by atoms with Crippen LogP contribution >= 0.6 is 0 Å². The van der Waals surface area contributed by atoms with Gasteiger partial charge in [0.15, 0.2) is 6.10 Å². The highest BCUT2D eigenvalue weighted by atomic mass is 16.5. The number of nitrogens with zero attached hydrogens (tertiary/aromatic N) is 1. The van der Waals surface area contributed by atoms with E-state index in [9.17, 15) is 24.6 Å². The predicted octanol–water partition coefficient (Wildman–Crippen LogP) is 1.37. The highest BCUT2D eigenvalue weighted by molar-refractivity contribution is 5.88. The van der Waals surface area contributed by atoms with Gasteiger partial charge in [0.05, 0.1) is 6.54 Å². The van der Waals surface area contributed by atoms with Crippen LogP contribution < -0.4 is 10.8 Å². The van der Waals surface area contributed by atoms with Gasteiger partial charge in [-0.3, -0.25) is 10.0 Å². The van der Waals surface area contributed by atoms with Gasteiger partial charge < -0.3 is 20.4 Å². The molecule has 1 unspecified atom stereocenters. The van der Waals surface area contributed by atoms with E-state index >= 15 is 0 Å². The van der Waals surface area contributed by atoms with Crippen molar-refractivity contribution in [1.29, 1.82) is 0 Å². The van der Waals surface area contributed by atoms with Gasteiger partial charge in [-0.15, -0.1) is 0 Å². The second kappa shape index (κ2) is 10.6. The Labute approximate surface area is 174 Å². The number of nitrogens with one attached hydrogen (secondary N) is 2. The first kappa shape index (κ1) is 23.1. The molecule has 2 atom stereocenters. The summed E-state index contributed by atoms with van der Waals surface area (Å²) in [5.74, 6) is -2.25. The Morgan fingerprint density at radius 1 is 1.03 bits per heavy atom.